The minimum absolute atomic E-state index is 0.195. The first-order chi connectivity index (χ1) is 16.3. The van der Waals surface area contributed by atoms with Crippen LogP contribution in [0.15, 0.2) is 71.4 Å². The predicted octanol–water partition coefficient (Wildman–Crippen LogP) is 8.24. The second-order valence-corrected chi connectivity index (χ2v) is 9.15. The van der Waals surface area contributed by atoms with E-state index in [9.17, 15) is 4.79 Å². The molecule has 1 heterocycles. The molecule has 0 aliphatic heterocycles. The summed E-state index contributed by atoms with van der Waals surface area (Å²) in [6.45, 7) is 8.16. The van der Waals surface area contributed by atoms with Crippen molar-refractivity contribution in [1.29, 1.82) is 0 Å². The Morgan fingerprint density at radius 1 is 1.09 bits per heavy atom. The fourth-order valence-electron chi connectivity index (χ4n) is 4.13. The van der Waals surface area contributed by atoms with Gasteiger partial charge in [-0.15, -0.1) is 0 Å². The molecule has 1 aromatic heterocycles. The van der Waals surface area contributed by atoms with Crippen LogP contribution in [0.4, 0.5) is 5.69 Å². The van der Waals surface area contributed by atoms with Crippen LogP contribution in [0, 0.1) is 6.92 Å². The summed E-state index contributed by atoms with van der Waals surface area (Å²) in [6, 6.07) is 17.6. The molecular formula is C29H28ClNO3. The number of amides is 1. The van der Waals surface area contributed by atoms with E-state index in [-0.39, 0.29) is 5.91 Å². The highest BCUT2D eigenvalue weighted by atomic mass is 35.5. The maximum absolute atomic E-state index is 12.8. The van der Waals surface area contributed by atoms with Gasteiger partial charge in [0.1, 0.15) is 11.3 Å². The lowest BCUT2D eigenvalue weighted by Gasteiger charge is -2.13. The summed E-state index contributed by atoms with van der Waals surface area (Å²) in [5, 5.41) is 4.58. The summed E-state index contributed by atoms with van der Waals surface area (Å²) >= 11 is 6.07. The first kappa shape index (κ1) is 23.7. The number of allylic oxidation sites excluding steroid dienone is 1. The van der Waals surface area contributed by atoms with Gasteiger partial charge in [0.25, 0.3) is 0 Å². The number of hydrogen-bond acceptors (Lipinski definition) is 3. The number of rotatable bonds is 6. The summed E-state index contributed by atoms with van der Waals surface area (Å²) in [4.78, 5) is 12.8. The molecule has 1 amide bonds. The van der Waals surface area contributed by atoms with Crippen molar-refractivity contribution >= 4 is 39.7 Å². The van der Waals surface area contributed by atoms with Crippen molar-refractivity contribution in [2.24, 2.45) is 0 Å². The van der Waals surface area contributed by atoms with E-state index in [1.165, 1.54) is 5.56 Å². The van der Waals surface area contributed by atoms with Crippen molar-refractivity contribution in [3.8, 4) is 16.9 Å². The van der Waals surface area contributed by atoms with Gasteiger partial charge in [-0.2, -0.15) is 0 Å². The second-order valence-electron chi connectivity index (χ2n) is 8.71. The highest BCUT2D eigenvalue weighted by Crippen LogP contribution is 2.40. The number of halogens is 1. The Balaban J connectivity index is 1.70. The van der Waals surface area contributed by atoms with Gasteiger partial charge < -0.3 is 14.5 Å². The van der Waals surface area contributed by atoms with Gasteiger partial charge in [0.15, 0.2) is 0 Å². The number of anilines is 1. The molecule has 0 aliphatic carbocycles. The van der Waals surface area contributed by atoms with E-state index in [1.807, 2.05) is 68.4 Å². The van der Waals surface area contributed by atoms with Gasteiger partial charge >= 0.3 is 0 Å². The molecule has 0 atom stereocenters. The zero-order valence-electron chi connectivity index (χ0n) is 20.0. The molecule has 4 nitrogen and oxygen atoms in total. The van der Waals surface area contributed by atoms with Gasteiger partial charge in [0.2, 0.25) is 5.91 Å². The molecule has 0 radical (unpaired) electrons. The van der Waals surface area contributed by atoms with E-state index in [2.05, 4.69) is 19.2 Å². The fourth-order valence-corrected chi connectivity index (χ4v) is 4.25. The van der Waals surface area contributed by atoms with Crippen LogP contribution in [0.25, 0.3) is 27.7 Å². The topological polar surface area (TPSA) is 51.5 Å². The van der Waals surface area contributed by atoms with Crippen LogP contribution in [-0.2, 0) is 4.79 Å². The number of furan rings is 1. The summed E-state index contributed by atoms with van der Waals surface area (Å²) < 4.78 is 11.6. The molecule has 0 bridgehead atoms. The maximum Gasteiger partial charge on any atom is 0.248 e. The molecule has 0 saturated heterocycles. The van der Waals surface area contributed by atoms with E-state index in [4.69, 9.17) is 20.8 Å². The number of methoxy groups -OCH3 is 1. The summed E-state index contributed by atoms with van der Waals surface area (Å²) in [6.07, 6.45) is 3.35. The third-order valence-corrected chi connectivity index (χ3v) is 6.27. The normalized spacial score (nSPS) is 11.8. The largest absolute Gasteiger partial charge is 0.496 e. The average molecular weight is 474 g/mol. The lowest BCUT2D eigenvalue weighted by Crippen LogP contribution is -2.09. The summed E-state index contributed by atoms with van der Waals surface area (Å²) in [7, 11) is 1.63. The SMILES string of the molecule is COc1c(/C(C)=C/C(=O)Nc2ccc(C(C)C)cc2)cc2c(-c3ccc(Cl)cc3)coc2c1C. The Morgan fingerprint density at radius 2 is 1.76 bits per heavy atom. The number of hydrogen-bond donors (Lipinski definition) is 1. The highest BCUT2D eigenvalue weighted by molar-refractivity contribution is 6.30. The second kappa shape index (κ2) is 9.78. The predicted molar refractivity (Wildman–Crippen MR) is 141 cm³/mol. The van der Waals surface area contributed by atoms with E-state index < -0.39 is 0 Å². The first-order valence-corrected chi connectivity index (χ1v) is 11.6. The van der Waals surface area contributed by atoms with Crippen molar-refractivity contribution in [2.75, 3.05) is 12.4 Å². The number of aryl methyl sites for hydroxylation is 1. The van der Waals surface area contributed by atoms with E-state index >= 15 is 0 Å². The van der Waals surface area contributed by atoms with Crippen LogP contribution in [0.5, 0.6) is 5.75 Å². The Bertz CT molecular complexity index is 1360. The molecule has 1 N–H and O–H groups in total. The molecule has 5 heteroatoms. The molecule has 0 aliphatic rings. The van der Waals surface area contributed by atoms with Crippen LogP contribution in [0.3, 0.4) is 0 Å². The zero-order chi connectivity index (χ0) is 24.4. The van der Waals surface area contributed by atoms with Gasteiger partial charge in [-0.05, 0) is 66.8 Å². The smallest absolute Gasteiger partial charge is 0.248 e. The quantitative estimate of drug-likeness (QED) is 0.287. The van der Waals surface area contributed by atoms with Gasteiger partial charge in [0.05, 0.1) is 13.4 Å². The van der Waals surface area contributed by atoms with E-state index in [0.717, 1.165) is 44.5 Å². The van der Waals surface area contributed by atoms with Crippen molar-refractivity contribution in [3.05, 3.63) is 88.6 Å². The molecule has 0 unspecified atom stereocenters. The third kappa shape index (κ3) is 4.73. The molecule has 4 rings (SSSR count). The van der Waals surface area contributed by atoms with Crippen molar-refractivity contribution < 1.29 is 13.9 Å². The number of benzene rings is 3. The van der Waals surface area contributed by atoms with Crippen LogP contribution >= 0.6 is 11.6 Å². The van der Waals surface area contributed by atoms with E-state index in [1.54, 1.807) is 19.4 Å². The third-order valence-electron chi connectivity index (χ3n) is 6.02. The number of fused-ring (bicyclic) bond motifs is 1. The van der Waals surface area contributed by atoms with Crippen molar-refractivity contribution in [1.82, 2.24) is 0 Å². The molecule has 3 aromatic carbocycles. The number of carbonyl (C=O) groups excluding carboxylic acids is 1. The van der Waals surface area contributed by atoms with Crippen LogP contribution < -0.4 is 10.1 Å². The minimum atomic E-state index is -0.195. The maximum atomic E-state index is 12.8. The molecule has 34 heavy (non-hydrogen) atoms. The van der Waals surface area contributed by atoms with Gasteiger partial charge in [-0.25, -0.2) is 0 Å². The van der Waals surface area contributed by atoms with Crippen molar-refractivity contribution in [3.63, 3.8) is 0 Å². The summed E-state index contributed by atoms with van der Waals surface area (Å²) in [5.74, 6) is 0.935. The molecule has 0 spiro atoms. The van der Waals surface area contributed by atoms with Crippen LogP contribution in [-0.4, -0.2) is 13.0 Å². The molecular weight excluding hydrogens is 446 g/mol. The number of ether oxygens (including phenoxy) is 1. The van der Waals surface area contributed by atoms with Crippen LogP contribution in [0.2, 0.25) is 5.02 Å². The summed E-state index contributed by atoms with van der Waals surface area (Å²) in [5.41, 5.74) is 7.23. The Kier molecular flexibility index (Phi) is 6.80. The fraction of sp³-hybridized carbons (Fsp3) is 0.207. The highest BCUT2D eigenvalue weighted by Gasteiger charge is 2.19. The molecule has 0 saturated carbocycles. The number of carbonyl (C=O) groups is 1. The average Bonchev–Trinajstić information content (AvgIpc) is 3.24. The molecule has 4 aromatic rings. The Labute approximate surface area is 205 Å². The van der Waals surface area contributed by atoms with Crippen LogP contribution in [0.1, 0.15) is 43.4 Å². The Morgan fingerprint density at radius 3 is 2.38 bits per heavy atom. The monoisotopic (exact) mass is 473 g/mol. The molecule has 174 valence electrons. The zero-order valence-corrected chi connectivity index (χ0v) is 20.8. The lowest BCUT2D eigenvalue weighted by atomic mass is 9.96. The standard InChI is InChI=1S/C29H28ClNO3/c1-17(2)20-8-12-23(13-9-20)31-27(32)14-18(3)24-15-25-26(21-6-10-22(30)11-7-21)16-34-29(25)19(4)28(24)33-5/h6-17H,1-5H3,(H,31,32)/b18-14+. The number of nitrogens with one attached hydrogen (secondary N) is 1. The lowest BCUT2D eigenvalue weighted by molar-refractivity contribution is -0.111. The Hall–Kier alpha value is -3.50. The molecule has 0 fully saturated rings. The van der Waals surface area contributed by atoms with E-state index in [0.29, 0.717) is 16.7 Å². The van der Waals surface area contributed by atoms with Gasteiger partial charge in [-0.1, -0.05) is 49.7 Å². The van der Waals surface area contributed by atoms with Crippen molar-refractivity contribution in [2.45, 2.75) is 33.6 Å². The first-order valence-electron chi connectivity index (χ1n) is 11.2. The van der Waals surface area contributed by atoms with Gasteiger partial charge in [-0.3, -0.25) is 4.79 Å². The minimum Gasteiger partial charge on any atom is -0.496 e. The van der Waals surface area contributed by atoms with Gasteiger partial charge in [0, 0.05) is 38.9 Å².